The van der Waals surface area contributed by atoms with Crippen LogP contribution in [0.3, 0.4) is 0 Å². The Morgan fingerprint density at radius 3 is 2.45 bits per heavy atom. The summed E-state index contributed by atoms with van der Waals surface area (Å²) in [4.78, 5) is 33.8. The van der Waals surface area contributed by atoms with Crippen LogP contribution in [0.25, 0.3) is 0 Å². The zero-order chi connectivity index (χ0) is 27.8. The summed E-state index contributed by atoms with van der Waals surface area (Å²) >= 11 is 0. The summed E-state index contributed by atoms with van der Waals surface area (Å²) in [6.45, 7) is -0.615. The number of imidazole rings is 1. The molecule has 0 saturated heterocycles. The van der Waals surface area contributed by atoms with Gasteiger partial charge in [0.05, 0.1) is 11.7 Å². The molecule has 3 aromatic rings. The second kappa shape index (κ2) is 10.4. The lowest BCUT2D eigenvalue weighted by molar-refractivity contribution is -0.148. The lowest BCUT2D eigenvalue weighted by atomic mass is 9.98. The monoisotopic (exact) mass is 541 g/mol. The van der Waals surface area contributed by atoms with Crippen LogP contribution < -0.4 is 5.73 Å². The highest BCUT2D eigenvalue weighted by atomic mass is 19.4. The maximum atomic E-state index is 14.0. The normalized spacial score (nSPS) is 16.3. The van der Waals surface area contributed by atoms with E-state index in [1.807, 2.05) is 0 Å². The first-order valence-corrected chi connectivity index (χ1v) is 11.4. The molecule has 14 heteroatoms. The summed E-state index contributed by atoms with van der Waals surface area (Å²) in [5.74, 6) is -7.47. The van der Waals surface area contributed by atoms with Crippen LogP contribution in [0, 0.1) is 17.5 Å². The molecule has 0 bridgehead atoms. The molecule has 0 radical (unpaired) electrons. The van der Waals surface area contributed by atoms with Crippen LogP contribution in [0.15, 0.2) is 36.5 Å². The van der Waals surface area contributed by atoms with E-state index in [0.29, 0.717) is 17.8 Å². The molecular formula is C24H21F6N5O3. The largest absolute Gasteiger partial charge is 0.476 e. The molecule has 1 amide bonds. The molecule has 0 aliphatic carbocycles. The van der Waals surface area contributed by atoms with Crippen molar-refractivity contribution in [2.75, 3.05) is 6.54 Å². The second-order valence-electron chi connectivity index (χ2n) is 8.78. The lowest BCUT2D eigenvalue weighted by Crippen LogP contribution is -2.46. The van der Waals surface area contributed by atoms with Crippen molar-refractivity contribution < 1.29 is 41.0 Å². The van der Waals surface area contributed by atoms with Crippen molar-refractivity contribution >= 4 is 11.9 Å². The molecule has 1 unspecified atom stereocenters. The molecule has 1 aromatic carbocycles. The molecule has 0 fully saturated rings. The number of carbonyl (C=O) groups excluding carboxylic acids is 1. The highest BCUT2D eigenvalue weighted by molar-refractivity contribution is 5.87. The molecule has 38 heavy (non-hydrogen) atoms. The highest BCUT2D eigenvalue weighted by Gasteiger charge is 2.45. The van der Waals surface area contributed by atoms with Gasteiger partial charge in [0.25, 0.3) is 0 Å². The number of hydrogen-bond donors (Lipinski definition) is 2. The van der Waals surface area contributed by atoms with E-state index in [2.05, 4.69) is 9.97 Å². The van der Waals surface area contributed by atoms with Crippen LogP contribution in [0.1, 0.15) is 45.7 Å². The predicted molar refractivity (Wildman–Crippen MR) is 119 cm³/mol. The number of rotatable bonds is 7. The number of carboxylic acid groups (broad SMARTS) is 1. The van der Waals surface area contributed by atoms with Crippen LogP contribution in [-0.4, -0.2) is 49.0 Å². The van der Waals surface area contributed by atoms with Gasteiger partial charge in [0, 0.05) is 49.9 Å². The van der Waals surface area contributed by atoms with Crippen molar-refractivity contribution in [3.8, 4) is 0 Å². The van der Waals surface area contributed by atoms with Gasteiger partial charge in [-0.05, 0) is 30.2 Å². The van der Waals surface area contributed by atoms with Gasteiger partial charge < -0.3 is 20.3 Å². The van der Waals surface area contributed by atoms with Crippen molar-refractivity contribution in [2.24, 2.45) is 5.73 Å². The fourth-order valence-corrected chi connectivity index (χ4v) is 4.55. The van der Waals surface area contributed by atoms with Crippen molar-refractivity contribution in [2.45, 2.75) is 44.1 Å². The first-order chi connectivity index (χ1) is 17.9. The van der Waals surface area contributed by atoms with Crippen molar-refractivity contribution in [3.63, 3.8) is 0 Å². The molecule has 2 aromatic heterocycles. The molecule has 8 nitrogen and oxygen atoms in total. The Labute approximate surface area is 211 Å². The number of fused-ring (bicyclic) bond motifs is 1. The Balaban J connectivity index is 1.66. The zero-order valence-electron chi connectivity index (χ0n) is 19.6. The fraction of sp³-hybridized carbons (Fsp3) is 0.333. The average Bonchev–Trinajstić information content (AvgIpc) is 3.24. The molecule has 0 spiro atoms. The number of carbonyl (C=O) groups is 2. The lowest BCUT2D eigenvalue weighted by Gasteiger charge is -2.38. The van der Waals surface area contributed by atoms with Crippen molar-refractivity contribution in [3.05, 3.63) is 82.4 Å². The summed E-state index contributed by atoms with van der Waals surface area (Å²) in [5.41, 5.74) is 4.97. The molecule has 2 atom stereocenters. The van der Waals surface area contributed by atoms with Crippen LogP contribution in [-0.2, 0) is 30.4 Å². The molecule has 0 saturated carbocycles. The second-order valence-corrected chi connectivity index (χ2v) is 8.78. The van der Waals surface area contributed by atoms with Gasteiger partial charge in [0.2, 0.25) is 11.7 Å². The molecule has 3 heterocycles. The number of nitrogens with two attached hydrogens (primary N) is 1. The third kappa shape index (κ3) is 5.49. The number of alkyl halides is 3. The van der Waals surface area contributed by atoms with Gasteiger partial charge in [0.15, 0.2) is 17.3 Å². The fourth-order valence-electron chi connectivity index (χ4n) is 4.55. The quantitative estimate of drug-likeness (QED) is 0.350. The topological polar surface area (TPSA) is 114 Å². The smallest absolute Gasteiger partial charge is 0.449 e. The van der Waals surface area contributed by atoms with E-state index >= 15 is 0 Å². The minimum absolute atomic E-state index is 0.122. The maximum Gasteiger partial charge on any atom is 0.449 e. The Kier molecular flexibility index (Phi) is 7.44. The highest BCUT2D eigenvalue weighted by Crippen LogP contribution is 2.38. The number of amides is 1. The average molecular weight is 541 g/mol. The molecule has 3 N–H and O–H groups in total. The minimum Gasteiger partial charge on any atom is -0.476 e. The van der Waals surface area contributed by atoms with E-state index in [-0.39, 0.29) is 37.2 Å². The Bertz CT molecular complexity index is 1360. The van der Waals surface area contributed by atoms with Crippen molar-refractivity contribution in [1.29, 1.82) is 0 Å². The Morgan fingerprint density at radius 2 is 1.82 bits per heavy atom. The minimum atomic E-state index is -4.94. The third-order valence-electron chi connectivity index (χ3n) is 6.18. The first kappa shape index (κ1) is 27.1. The van der Waals surface area contributed by atoms with E-state index in [1.165, 1.54) is 11.1 Å². The SMILES string of the molecule is N[C@@H](CC(=O)N1CCn2c(C(F)(F)F)nc(C(=O)O)c2C1Cc1ccccn1)Cc1cc(F)c(F)cc1F. The van der Waals surface area contributed by atoms with Gasteiger partial charge in [-0.1, -0.05) is 6.07 Å². The van der Waals surface area contributed by atoms with Crippen LogP contribution in [0.2, 0.25) is 0 Å². The van der Waals surface area contributed by atoms with E-state index in [1.54, 1.807) is 18.2 Å². The zero-order valence-corrected chi connectivity index (χ0v) is 19.6. The molecule has 202 valence electrons. The number of halogens is 6. The van der Waals surface area contributed by atoms with Crippen LogP contribution >= 0.6 is 0 Å². The standard InChI is InChI=1S/C24H21F6N5O3/c25-15-11-17(27)16(26)8-12(15)7-13(31)9-19(36)34-5-6-35-21(18(34)10-14-3-1-2-4-32-14)20(22(37)38)33-23(35)24(28,29)30/h1-4,8,11,13,18H,5-7,9-10,31H2,(H,37,38)/t13-,18?/m1/s1. The number of aromatic carboxylic acids is 1. The van der Waals surface area contributed by atoms with Gasteiger partial charge in [-0.15, -0.1) is 0 Å². The summed E-state index contributed by atoms with van der Waals surface area (Å²) in [7, 11) is 0. The number of nitrogens with zero attached hydrogens (tertiary/aromatic N) is 4. The maximum absolute atomic E-state index is 14.0. The van der Waals surface area contributed by atoms with Gasteiger partial charge in [-0.25, -0.2) is 22.9 Å². The number of benzene rings is 1. The van der Waals surface area contributed by atoms with Crippen molar-refractivity contribution in [1.82, 2.24) is 19.4 Å². The Hall–Kier alpha value is -3.94. The summed E-state index contributed by atoms with van der Waals surface area (Å²) in [5, 5.41) is 9.63. The summed E-state index contributed by atoms with van der Waals surface area (Å²) in [6.07, 6.45) is -4.39. The van der Waals surface area contributed by atoms with E-state index < -0.39 is 65.5 Å². The summed E-state index contributed by atoms with van der Waals surface area (Å²) in [6, 6.07) is 3.55. The Morgan fingerprint density at radius 1 is 1.11 bits per heavy atom. The van der Waals surface area contributed by atoms with Gasteiger partial charge in [-0.3, -0.25) is 9.78 Å². The first-order valence-electron chi connectivity index (χ1n) is 11.4. The van der Waals surface area contributed by atoms with E-state index in [9.17, 15) is 41.0 Å². The molecule has 1 aliphatic heterocycles. The number of aromatic nitrogens is 3. The van der Waals surface area contributed by atoms with E-state index in [0.717, 1.165) is 4.57 Å². The molecule has 4 rings (SSSR count). The van der Waals surface area contributed by atoms with E-state index in [4.69, 9.17) is 5.73 Å². The number of pyridine rings is 1. The van der Waals surface area contributed by atoms with Crippen LogP contribution in [0.4, 0.5) is 26.3 Å². The third-order valence-corrected chi connectivity index (χ3v) is 6.18. The van der Waals surface area contributed by atoms with Gasteiger partial charge in [0.1, 0.15) is 5.82 Å². The van der Waals surface area contributed by atoms with Gasteiger partial charge in [-0.2, -0.15) is 13.2 Å². The predicted octanol–water partition coefficient (Wildman–Crippen LogP) is 3.50. The molecular weight excluding hydrogens is 520 g/mol. The molecule has 1 aliphatic rings. The van der Waals surface area contributed by atoms with Crippen LogP contribution in [0.5, 0.6) is 0 Å². The number of hydrogen-bond acceptors (Lipinski definition) is 5. The van der Waals surface area contributed by atoms with Gasteiger partial charge >= 0.3 is 12.1 Å². The number of carboxylic acids is 1. The summed E-state index contributed by atoms with van der Waals surface area (Å²) < 4.78 is 82.6.